The summed E-state index contributed by atoms with van der Waals surface area (Å²) in [5.74, 6) is 1.75. The van der Waals surface area contributed by atoms with Gasteiger partial charge in [-0.15, -0.1) is 0 Å². The highest BCUT2D eigenvalue weighted by atomic mass is 16.3. The number of aromatic nitrogens is 4. The number of hydrogen-bond donors (Lipinski definition) is 0. The Labute approximate surface area is 310 Å². The van der Waals surface area contributed by atoms with Gasteiger partial charge in [-0.05, 0) is 58.3 Å². The van der Waals surface area contributed by atoms with Gasteiger partial charge in [0.1, 0.15) is 11.2 Å². The highest BCUT2D eigenvalue weighted by Gasteiger charge is 2.23. The Balaban J connectivity index is 1.17. The van der Waals surface area contributed by atoms with Gasteiger partial charge in [0.05, 0.1) is 27.7 Å². The zero-order valence-electron chi connectivity index (χ0n) is 29.0. The molecule has 0 saturated carbocycles. The lowest BCUT2D eigenvalue weighted by Crippen LogP contribution is -2.01. The van der Waals surface area contributed by atoms with Gasteiger partial charge in [-0.1, -0.05) is 146 Å². The van der Waals surface area contributed by atoms with E-state index in [0.717, 1.165) is 66.5 Å². The van der Waals surface area contributed by atoms with Crippen LogP contribution in [0.15, 0.2) is 186 Å². The van der Waals surface area contributed by atoms with E-state index in [2.05, 4.69) is 138 Å². The van der Waals surface area contributed by atoms with E-state index in [4.69, 9.17) is 19.4 Å². The van der Waals surface area contributed by atoms with Gasteiger partial charge in [-0.2, -0.15) is 0 Å². The van der Waals surface area contributed by atoms with Crippen LogP contribution < -0.4 is 0 Å². The van der Waals surface area contributed by atoms with Crippen LogP contribution in [0.25, 0.3) is 105 Å². The molecule has 0 unspecified atom stereocenters. The van der Waals surface area contributed by atoms with Crippen molar-refractivity contribution < 1.29 is 4.42 Å². The maximum atomic E-state index is 6.81. The minimum atomic E-state index is 0.551. The molecule has 0 aliphatic heterocycles. The molecule has 252 valence electrons. The average molecular weight is 691 g/mol. The van der Waals surface area contributed by atoms with Crippen LogP contribution in [0.1, 0.15) is 0 Å². The largest absolute Gasteiger partial charge is 0.455 e. The Bertz CT molecular complexity index is 3200. The van der Waals surface area contributed by atoms with Crippen molar-refractivity contribution in [3.05, 3.63) is 182 Å². The summed E-state index contributed by atoms with van der Waals surface area (Å²) >= 11 is 0. The summed E-state index contributed by atoms with van der Waals surface area (Å²) in [4.78, 5) is 15.3. The Morgan fingerprint density at radius 1 is 0.389 bits per heavy atom. The van der Waals surface area contributed by atoms with Gasteiger partial charge < -0.3 is 8.98 Å². The van der Waals surface area contributed by atoms with Gasteiger partial charge in [-0.25, -0.2) is 15.0 Å². The molecule has 0 spiro atoms. The monoisotopic (exact) mass is 690 g/mol. The van der Waals surface area contributed by atoms with Crippen molar-refractivity contribution >= 4 is 54.5 Å². The molecule has 0 aliphatic rings. The summed E-state index contributed by atoms with van der Waals surface area (Å²) in [7, 11) is 0. The van der Waals surface area contributed by atoms with E-state index in [1.54, 1.807) is 0 Å². The molecule has 11 rings (SSSR count). The van der Waals surface area contributed by atoms with Crippen LogP contribution >= 0.6 is 0 Å². The molecule has 0 fully saturated rings. The van der Waals surface area contributed by atoms with E-state index in [1.165, 1.54) is 21.5 Å². The Morgan fingerprint density at radius 3 is 1.70 bits per heavy atom. The maximum Gasteiger partial charge on any atom is 0.167 e. The summed E-state index contributed by atoms with van der Waals surface area (Å²) in [6.07, 6.45) is 0. The molecule has 54 heavy (non-hydrogen) atoms. The van der Waals surface area contributed by atoms with Gasteiger partial charge >= 0.3 is 0 Å². The average Bonchev–Trinajstić information content (AvgIpc) is 3.79. The number of rotatable bonds is 5. The Morgan fingerprint density at radius 2 is 0.944 bits per heavy atom. The highest BCUT2D eigenvalue weighted by Crippen LogP contribution is 2.43. The van der Waals surface area contributed by atoms with Crippen LogP contribution in [0.2, 0.25) is 0 Å². The molecule has 5 nitrogen and oxygen atoms in total. The molecule has 0 aliphatic carbocycles. The molecular weight excluding hydrogens is 661 g/mol. The van der Waals surface area contributed by atoms with E-state index < -0.39 is 0 Å². The van der Waals surface area contributed by atoms with Gasteiger partial charge in [-0.3, -0.25) is 0 Å². The van der Waals surface area contributed by atoms with Gasteiger partial charge in [0.2, 0.25) is 0 Å². The molecule has 5 heteroatoms. The first-order chi connectivity index (χ1) is 26.8. The molecule has 8 aromatic carbocycles. The summed E-state index contributed by atoms with van der Waals surface area (Å²) in [6, 6.07) is 63.3. The van der Waals surface area contributed by atoms with Crippen LogP contribution in [0.4, 0.5) is 0 Å². The first kappa shape index (κ1) is 30.3. The quantitative estimate of drug-likeness (QED) is 0.180. The van der Waals surface area contributed by atoms with Crippen molar-refractivity contribution in [3.63, 3.8) is 0 Å². The predicted octanol–water partition coefficient (Wildman–Crippen LogP) is 12.7. The standard InChI is InChI=1S/C49H30N4O/c1-3-13-31(14-4-1)32-23-25-34(26-24-32)48-50-47(33-15-5-2-6-16-33)51-49(52-48)39-27-28-42(45-38-20-10-12-22-44(38)54-46(39)45)53-41-21-11-9-19-37(41)40-29-35-17-7-8-18-36(35)30-43(40)53/h1-30H. The second-order valence-electron chi connectivity index (χ2n) is 13.6. The minimum absolute atomic E-state index is 0.551. The minimum Gasteiger partial charge on any atom is -0.455 e. The van der Waals surface area contributed by atoms with Gasteiger partial charge in [0, 0.05) is 27.3 Å². The number of hydrogen-bond acceptors (Lipinski definition) is 4. The van der Waals surface area contributed by atoms with Crippen LogP contribution in [-0.4, -0.2) is 19.5 Å². The molecule has 3 aromatic heterocycles. The molecule has 0 N–H and O–H groups in total. The lowest BCUT2D eigenvalue weighted by atomic mass is 10.0. The second kappa shape index (κ2) is 12.1. The molecule has 0 radical (unpaired) electrons. The van der Waals surface area contributed by atoms with Crippen molar-refractivity contribution in [1.82, 2.24) is 19.5 Å². The normalized spacial score (nSPS) is 11.7. The fraction of sp³-hybridized carbons (Fsp3) is 0. The first-order valence-corrected chi connectivity index (χ1v) is 18.1. The van der Waals surface area contributed by atoms with Crippen molar-refractivity contribution in [2.24, 2.45) is 0 Å². The Kier molecular flexibility index (Phi) is 6.79. The third-order valence-corrected chi connectivity index (χ3v) is 10.4. The fourth-order valence-corrected chi connectivity index (χ4v) is 7.87. The smallest absolute Gasteiger partial charge is 0.167 e. The van der Waals surface area contributed by atoms with Crippen molar-refractivity contribution in [2.45, 2.75) is 0 Å². The van der Waals surface area contributed by atoms with E-state index >= 15 is 0 Å². The number of para-hydroxylation sites is 2. The van der Waals surface area contributed by atoms with Crippen molar-refractivity contribution in [3.8, 4) is 51.0 Å². The SMILES string of the molecule is c1ccc(-c2ccc(-c3nc(-c4ccccc4)nc(-c4ccc(-n5c6ccccc6c6cc7ccccc7cc65)c5c4oc4ccccc45)n3)cc2)cc1. The number of nitrogens with zero attached hydrogens (tertiary/aromatic N) is 4. The van der Waals surface area contributed by atoms with Gasteiger partial charge in [0.25, 0.3) is 0 Å². The van der Waals surface area contributed by atoms with Crippen LogP contribution in [0, 0.1) is 0 Å². The van der Waals surface area contributed by atoms with Gasteiger partial charge in [0.15, 0.2) is 17.5 Å². The third-order valence-electron chi connectivity index (χ3n) is 10.4. The second-order valence-corrected chi connectivity index (χ2v) is 13.6. The summed E-state index contributed by atoms with van der Waals surface area (Å²) < 4.78 is 9.20. The lowest BCUT2D eigenvalue weighted by Gasteiger charge is -2.13. The summed E-state index contributed by atoms with van der Waals surface area (Å²) in [5.41, 5.74) is 9.77. The molecule has 0 bridgehead atoms. The van der Waals surface area contributed by atoms with E-state index in [1.807, 2.05) is 48.5 Å². The van der Waals surface area contributed by atoms with Crippen LogP contribution in [0.3, 0.4) is 0 Å². The third kappa shape index (κ3) is 4.83. The molecule has 3 heterocycles. The Hall–Kier alpha value is -7.37. The lowest BCUT2D eigenvalue weighted by molar-refractivity contribution is 0.669. The fourth-order valence-electron chi connectivity index (χ4n) is 7.87. The summed E-state index contributed by atoms with van der Waals surface area (Å²) in [5, 5.41) is 6.87. The van der Waals surface area contributed by atoms with Crippen LogP contribution in [-0.2, 0) is 0 Å². The molecule has 11 aromatic rings. The zero-order valence-corrected chi connectivity index (χ0v) is 29.0. The van der Waals surface area contributed by atoms with Crippen LogP contribution in [0.5, 0.6) is 0 Å². The van der Waals surface area contributed by atoms with E-state index in [-0.39, 0.29) is 0 Å². The first-order valence-electron chi connectivity index (χ1n) is 18.1. The number of fused-ring (bicyclic) bond motifs is 7. The number of furan rings is 1. The molecule has 0 amide bonds. The maximum absolute atomic E-state index is 6.81. The topological polar surface area (TPSA) is 56.7 Å². The highest BCUT2D eigenvalue weighted by molar-refractivity contribution is 6.18. The van der Waals surface area contributed by atoms with Crippen molar-refractivity contribution in [1.29, 1.82) is 0 Å². The van der Waals surface area contributed by atoms with Crippen molar-refractivity contribution in [2.75, 3.05) is 0 Å². The predicted molar refractivity (Wildman–Crippen MR) is 221 cm³/mol. The molecule has 0 atom stereocenters. The van der Waals surface area contributed by atoms with E-state index in [0.29, 0.717) is 17.5 Å². The summed E-state index contributed by atoms with van der Waals surface area (Å²) in [6.45, 7) is 0. The zero-order chi connectivity index (χ0) is 35.6. The molecule has 0 saturated heterocycles. The van der Waals surface area contributed by atoms with E-state index in [9.17, 15) is 0 Å². The number of benzene rings is 8. The molecular formula is C49H30N4O.